The molecule has 1 aromatic heterocycles. The Kier molecular flexibility index (Phi) is 7.41. The number of carbonyl (C=O) groups is 1. The molecular weight excluding hydrogens is 314 g/mol. The maximum Gasteiger partial charge on any atom is 0.234 e. The third-order valence-corrected chi connectivity index (χ3v) is 4.15. The zero-order valence-corrected chi connectivity index (χ0v) is 15.2. The fourth-order valence-electron chi connectivity index (χ4n) is 2.52. The molecule has 1 heterocycles. The van der Waals surface area contributed by atoms with Crippen LogP contribution in [0.25, 0.3) is 0 Å². The van der Waals surface area contributed by atoms with E-state index in [1.54, 1.807) is 12.4 Å². The van der Waals surface area contributed by atoms with Crippen molar-refractivity contribution in [3.63, 3.8) is 0 Å². The summed E-state index contributed by atoms with van der Waals surface area (Å²) in [7, 11) is 0. The molecule has 5 heteroatoms. The number of carbonyl (C=O) groups excluding carboxylic acids is 1. The molecule has 0 bridgehead atoms. The molecule has 0 aliphatic rings. The first-order valence-corrected chi connectivity index (χ1v) is 8.75. The van der Waals surface area contributed by atoms with Crippen molar-refractivity contribution in [2.24, 2.45) is 0 Å². The number of pyridine rings is 1. The summed E-state index contributed by atoms with van der Waals surface area (Å²) >= 11 is 0. The van der Waals surface area contributed by atoms with Gasteiger partial charge in [-0.1, -0.05) is 32.0 Å². The van der Waals surface area contributed by atoms with Gasteiger partial charge in [0.05, 0.1) is 12.6 Å². The fourth-order valence-corrected chi connectivity index (χ4v) is 2.52. The first-order valence-electron chi connectivity index (χ1n) is 8.75. The number of ether oxygens (including phenoxy) is 1. The molecule has 0 radical (unpaired) electrons. The third kappa shape index (κ3) is 6.19. The Morgan fingerprint density at radius 3 is 2.52 bits per heavy atom. The minimum atomic E-state index is -0.0320. The molecule has 0 fully saturated rings. The summed E-state index contributed by atoms with van der Waals surface area (Å²) in [6.07, 6.45) is 3.54. The lowest BCUT2D eigenvalue weighted by Crippen LogP contribution is -2.38. The van der Waals surface area contributed by atoms with Crippen molar-refractivity contribution in [2.45, 2.75) is 33.4 Å². The Hall–Kier alpha value is -2.40. The molecule has 0 spiro atoms. The van der Waals surface area contributed by atoms with E-state index in [0.29, 0.717) is 13.2 Å². The predicted molar refractivity (Wildman–Crippen MR) is 99.4 cm³/mol. The maximum absolute atomic E-state index is 12.1. The summed E-state index contributed by atoms with van der Waals surface area (Å²) in [4.78, 5) is 18.3. The molecule has 25 heavy (non-hydrogen) atoms. The summed E-state index contributed by atoms with van der Waals surface area (Å²) in [5.41, 5.74) is 2.09. The molecule has 2 aromatic rings. The highest BCUT2D eigenvalue weighted by molar-refractivity contribution is 5.78. The number of hydrogen-bond donors (Lipinski definition) is 1. The van der Waals surface area contributed by atoms with Gasteiger partial charge in [-0.25, -0.2) is 0 Å². The largest absolute Gasteiger partial charge is 0.489 e. The highest BCUT2D eigenvalue weighted by Crippen LogP contribution is 2.18. The molecule has 0 aliphatic carbocycles. The molecule has 1 N–H and O–H groups in total. The van der Waals surface area contributed by atoms with E-state index >= 15 is 0 Å². The summed E-state index contributed by atoms with van der Waals surface area (Å²) in [5.74, 6) is 0.849. The zero-order valence-electron chi connectivity index (χ0n) is 15.2. The van der Waals surface area contributed by atoms with Crippen molar-refractivity contribution in [2.75, 3.05) is 19.6 Å². The second-order valence-electron chi connectivity index (χ2n) is 5.97. The number of aromatic nitrogens is 1. The van der Waals surface area contributed by atoms with Crippen LogP contribution in [0.4, 0.5) is 0 Å². The van der Waals surface area contributed by atoms with E-state index in [-0.39, 0.29) is 11.9 Å². The lowest BCUT2D eigenvalue weighted by atomic mass is 10.1. The van der Waals surface area contributed by atoms with E-state index in [0.717, 1.165) is 30.0 Å². The summed E-state index contributed by atoms with van der Waals surface area (Å²) in [6, 6.07) is 11.7. The molecule has 0 saturated heterocycles. The topological polar surface area (TPSA) is 54.5 Å². The minimum absolute atomic E-state index is 0.0320. The Labute approximate surface area is 150 Å². The summed E-state index contributed by atoms with van der Waals surface area (Å²) in [6.45, 7) is 8.79. The van der Waals surface area contributed by atoms with Crippen molar-refractivity contribution in [1.29, 1.82) is 0 Å². The molecule has 5 nitrogen and oxygen atoms in total. The van der Waals surface area contributed by atoms with E-state index in [4.69, 9.17) is 4.74 Å². The SMILES string of the molecule is CCN(CC)CC(=O)NC(C)c1ccc(OCc2cccnc2)cc1. The smallest absolute Gasteiger partial charge is 0.234 e. The molecule has 0 aliphatic heterocycles. The van der Waals surface area contributed by atoms with Crippen molar-refractivity contribution in [3.05, 3.63) is 59.9 Å². The zero-order chi connectivity index (χ0) is 18.1. The minimum Gasteiger partial charge on any atom is -0.489 e. The fraction of sp³-hybridized carbons (Fsp3) is 0.400. The number of likely N-dealkylation sites (N-methyl/N-ethyl adjacent to an activating group) is 1. The Bertz CT molecular complexity index is 640. The van der Waals surface area contributed by atoms with Gasteiger partial charge in [-0.05, 0) is 43.8 Å². The predicted octanol–water partition coefficient (Wildman–Crippen LogP) is 3.18. The highest BCUT2D eigenvalue weighted by Gasteiger charge is 2.12. The van der Waals surface area contributed by atoms with Crippen molar-refractivity contribution < 1.29 is 9.53 Å². The Balaban J connectivity index is 1.85. The van der Waals surface area contributed by atoms with Crippen LogP contribution < -0.4 is 10.1 Å². The first-order chi connectivity index (χ1) is 12.1. The molecule has 1 atom stereocenters. The van der Waals surface area contributed by atoms with Crippen LogP contribution in [0, 0.1) is 0 Å². The van der Waals surface area contributed by atoms with Crippen LogP contribution in [0.2, 0.25) is 0 Å². The van der Waals surface area contributed by atoms with Gasteiger partial charge in [0.2, 0.25) is 5.91 Å². The van der Waals surface area contributed by atoms with Gasteiger partial charge >= 0.3 is 0 Å². The van der Waals surface area contributed by atoms with E-state index in [2.05, 4.69) is 29.0 Å². The van der Waals surface area contributed by atoms with Gasteiger partial charge in [-0.15, -0.1) is 0 Å². The van der Waals surface area contributed by atoms with E-state index < -0.39 is 0 Å². The molecule has 2 rings (SSSR count). The van der Waals surface area contributed by atoms with Crippen molar-refractivity contribution in [3.8, 4) is 5.75 Å². The molecular formula is C20H27N3O2. The quantitative estimate of drug-likeness (QED) is 0.761. The van der Waals surface area contributed by atoms with Crippen LogP contribution in [0.3, 0.4) is 0 Å². The monoisotopic (exact) mass is 341 g/mol. The Morgan fingerprint density at radius 2 is 1.92 bits per heavy atom. The second kappa shape index (κ2) is 9.79. The molecule has 1 aromatic carbocycles. The number of rotatable bonds is 9. The van der Waals surface area contributed by atoms with E-state index in [1.807, 2.05) is 43.3 Å². The van der Waals surface area contributed by atoms with Crippen LogP contribution in [0.1, 0.15) is 37.9 Å². The first kappa shape index (κ1) is 18.9. The lowest BCUT2D eigenvalue weighted by molar-refractivity contribution is -0.122. The Morgan fingerprint density at radius 1 is 1.20 bits per heavy atom. The average Bonchev–Trinajstić information content (AvgIpc) is 2.65. The number of amides is 1. The van der Waals surface area contributed by atoms with Gasteiger partial charge in [-0.2, -0.15) is 0 Å². The highest BCUT2D eigenvalue weighted by atomic mass is 16.5. The van der Waals surface area contributed by atoms with E-state index in [9.17, 15) is 4.79 Å². The molecule has 134 valence electrons. The second-order valence-corrected chi connectivity index (χ2v) is 5.97. The van der Waals surface area contributed by atoms with Gasteiger partial charge in [0, 0.05) is 18.0 Å². The van der Waals surface area contributed by atoms with Crippen LogP contribution in [-0.4, -0.2) is 35.4 Å². The number of nitrogens with one attached hydrogen (secondary N) is 1. The van der Waals surface area contributed by atoms with Crippen LogP contribution in [-0.2, 0) is 11.4 Å². The van der Waals surface area contributed by atoms with Crippen molar-refractivity contribution in [1.82, 2.24) is 15.2 Å². The van der Waals surface area contributed by atoms with Crippen LogP contribution in [0.15, 0.2) is 48.8 Å². The van der Waals surface area contributed by atoms with Crippen LogP contribution >= 0.6 is 0 Å². The number of benzene rings is 1. The summed E-state index contributed by atoms with van der Waals surface area (Å²) < 4.78 is 5.76. The molecule has 0 saturated carbocycles. The van der Waals surface area contributed by atoms with Gasteiger partial charge in [-0.3, -0.25) is 14.7 Å². The van der Waals surface area contributed by atoms with Crippen LogP contribution in [0.5, 0.6) is 5.75 Å². The molecule has 1 amide bonds. The number of hydrogen-bond acceptors (Lipinski definition) is 4. The van der Waals surface area contributed by atoms with Gasteiger partial charge < -0.3 is 10.1 Å². The normalized spacial score (nSPS) is 12.0. The lowest BCUT2D eigenvalue weighted by Gasteiger charge is -2.20. The summed E-state index contributed by atoms with van der Waals surface area (Å²) in [5, 5.41) is 3.04. The number of nitrogens with zero attached hydrogens (tertiary/aromatic N) is 2. The average molecular weight is 341 g/mol. The van der Waals surface area contributed by atoms with Gasteiger partial charge in [0.25, 0.3) is 0 Å². The third-order valence-electron chi connectivity index (χ3n) is 4.15. The maximum atomic E-state index is 12.1. The van der Waals surface area contributed by atoms with Gasteiger partial charge in [0.15, 0.2) is 0 Å². The van der Waals surface area contributed by atoms with E-state index in [1.165, 1.54) is 0 Å². The standard InChI is InChI=1S/C20H27N3O2/c1-4-23(5-2)14-20(24)22-16(3)18-8-10-19(11-9-18)25-15-17-7-6-12-21-13-17/h6-13,16H,4-5,14-15H2,1-3H3,(H,22,24). The van der Waals surface area contributed by atoms with Gasteiger partial charge in [0.1, 0.15) is 12.4 Å². The van der Waals surface area contributed by atoms with Crippen molar-refractivity contribution >= 4 is 5.91 Å². The molecule has 1 unspecified atom stereocenters.